The maximum absolute atomic E-state index is 12.7. The Morgan fingerprint density at radius 2 is 1.75 bits per heavy atom. The minimum atomic E-state index is -1.25. The van der Waals surface area contributed by atoms with E-state index >= 15 is 0 Å². The number of oxazole rings is 1. The minimum Gasteiger partial charge on any atom is -0.477 e. The molecule has 0 amide bonds. The normalized spacial score (nSPS) is 17.9. The van der Waals surface area contributed by atoms with Gasteiger partial charge in [-0.15, -0.1) is 0 Å². The molecule has 0 bridgehead atoms. The number of hydrogen-bond donors (Lipinski definition) is 1. The van der Waals surface area contributed by atoms with Gasteiger partial charge in [-0.05, 0) is 62.4 Å². The van der Waals surface area contributed by atoms with Gasteiger partial charge in [0.05, 0.1) is 5.69 Å². The average molecular weight is 485 g/mol. The Bertz CT molecular complexity index is 1500. The summed E-state index contributed by atoms with van der Waals surface area (Å²) in [5.74, 6) is -1.25. The number of rotatable bonds is 5. The highest BCUT2D eigenvalue weighted by molar-refractivity contribution is 5.88. The van der Waals surface area contributed by atoms with E-state index in [1.165, 1.54) is 25.1 Å². The molecular weight excluding hydrogens is 456 g/mol. The van der Waals surface area contributed by atoms with E-state index in [4.69, 9.17) is 4.42 Å². The van der Waals surface area contributed by atoms with Crippen LogP contribution >= 0.6 is 0 Å². The largest absolute Gasteiger partial charge is 0.477 e. The molecule has 2 aromatic heterocycles. The van der Waals surface area contributed by atoms with Crippen LogP contribution in [0.15, 0.2) is 63.9 Å². The van der Waals surface area contributed by atoms with Crippen molar-refractivity contribution in [1.29, 1.82) is 0 Å². The summed E-state index contributed by atoms with van der Waals surface area (Å²) in [5, 5.41) is 9.62. The van der Waals surface area contributed by atoms with Crippen LogP contribution in [0.2, 0.25) is 0 Å². The summed E-state index contributed by atoms with van der Waals surface area (Å²) in [6.07, 6.45) is 6.01. The van der Waals surface area contributed by atoms with Crippen LogP contribution in [0.3, 0.4) is 0 Å². The standard InChI is InChI=1S/C28H28N4O4/c1-18-5-4-14-31(18)28-29-23-11-10-21(15-26(23)36-28)32-17-22(27(34)35)25(33)16-24(32)19-6-8-20(9-7-19)30-12-2-3-13-30/h6-11,15-18H,2-5,12-14H2,1H3,(H,34,35)/t18-/m1/s1. The van der Waals surface area contributed by atoms with Crippen LogP contribution in [-0.2, 0) is 0 Å². The second-order valence-electron chi connectivity index (χ2n) is 9.69. The number of carbonyl (C=O) groups is 1. The number of benzene rings is 2. The van der Waals surface area contributed by atoms with E-state index in [1.54, 1.807) is 4.57 Å². The molecule has 2 saturated heterocycles. The number of aromatic nitrogens is 2. The van der Waals surface area contributed by atoms with Crippen LogP contribution in [0.5, 0.6) is 0 Å². The lowest BCUT2D eigenvalue weighted by Gasteiger charge is -2.19. The molecule has 0 radical (unpaired) electrons. The van der Waals surface area contributed by atoms with E-state index in [0.29, 0.717) is 29.0 Å². The topological polar surface area (TPSA) is 91.8 Å². The van der Waals surface area contributed by atoms with Crippen LogP contribution in [0.1, 0.15) is 43.0 Å². The van der Waals surface area contributed by atoms with Crippen molar-refractivity contribution in [3.8, 4) is 16.9 Å². The van der Waals surface area contributed by atoms with Gasteiger partial charge in [-0.1, -0.05) is 12.1 Å². The molecule has 184 valence electrons. The Kier molecular flexibility index (Phi) is 5.51. The highest BCUT2D eigenvalue weighted by atomic mass is 16.4. The van der Waals surface area contributed by atoms with Gasteiger partial charge in [0.1, 0.15) is 11.1 Å². The number of carboxylic acid groups (broad SMARTS) is 1. The van der Waals surface area contributed by atoms with Gasteiger partial charge in [0.15, 0.2) is 11.0 Å². The van der Waals surface area contributed by atoms with Gasteiger partial charge < -0.3 is 23.9 Å². The van der Waals surface area contributed by atoms with Crippen molar-refractivity contribution in [2.45, 2.75) is 38.6 Å². The van der Waals surface area contributed by atoms with Crippen LogP contribution in [0.25, 0.3) is 28.0 Å². The predicted molar refractivity (Wildman–Crippen MR) is 139 cm³/mol. The van der Waals surface area contributed by atoms with E-state index in [1.807, 2.05) is 30.3 Å². The quantitative estimate of drug-likeness (QED) is 0.429. The lowest BCUT2D eigenvalue weighted by atomic mass is 10.1. The second kappa shape index (κ2) is 8.86. The fourth-order valence-corrected chi connectivity index (χ4v) is 5.34. The molecule has 0 saturated carbocycles. The monoisotopic (exact) mass is 484 g/mol. The summed E-state index contributed by atoms with van der Waals surface area (Å²) in [4.78, 5) is 33.6. The number of carboxylic acids is 1. The van der Waals surface area contributed by atoms with Crippen molar-refractivity contribution in [3.63, 3.8) is 0 Å². The van der Waals surface area contributed by atoms with Gasteiger partial charge in [-0.2, -0.15) is 4.98 Å². The molecule has 0 spiro atoms. The number of anilines is 2. The van der Waals surface area contributed by atoms with Crippen LogP contribution in [0.4, 0.5) is 11.7 Å². The average Bonchev–Trinajstić information content (AvgIpc) is 3.64. The molecule has 2 aromatic carbocycles. The lowest BCUT2D eigenvalue weighted by molar-refractivity contribution is 0.0695. The number of fused-ring (bicyclic) bond motifs is 1. The first-order valence-corrected chi connectivity index (χ1v) is 12.5. The highest BCUT2D eigenvalue weighted by Gasteiger charge is 2.25. The van der Waals surface area contributed by atoms with E-state index in [2.05, 4.69) is 33.8 Å². The molecule has 4 heterocycles. The Morgan fingerprint density at radius 3 is 2.44 bits per heavy atom. The summed E-state index contributed by atoms with van der Waals surface area (Å²) in [6.45, 7) is 5.18. The first-order chi connectivity index (χ1) is 17.5. The fourth-order valence-electron chi connectivity index (χ4n) is 5.34. The van der Waals surface area contributed by atoms with Crippen molar-refractivity contribution in [2.24, 2.45) is 0 Å². The third-order valence-corrected chi connectivity index (χ3v) is 7.35. The van der Waals surface area contributed by atoms with Crippen molar-refractivity contribution in [3.05, 3.63) is 70.5 Å². The van der Waals surface area contributed by atoms with Gasteiger partial charge >= 0.3 is 5.97 Å². The molecule has 4 aromatic rings. The lowest BCUT2D eigenvalue weighted by Crippen LogP contribution is -2.26. The number of nitrogens with zero attached hydrogens (tertiary/aromatic N) is 4. The molecule has 8 nitrogen and oxygen atoms in total. The van der Waals surface area contributed by atoms with E-state index in [0.717, 1.165) is 49.2 Å². The smallest absolute Gasteiger partial charge is 0.341 e. The first kappa shape index (κ1) is 22.4. The zero-order chi connectivity index (χ0) is 24.8. The molecule has 2 fully saturated rings. The molecule has 2 aliphatic heterocycles. The Hall–Kier alpha value is -4.07. The molecule has 0 unspecified atom stereocenters. The summed E-state index contributed by atoms with van der Waals surface area (Å²) >= 11 is 0. The maximum Gasteiger partial charge on any atom is 0.341 e. The zero-order valence-corrected chi connectivity index (χ0v) is 20.2. The van der Waals surface area contributed by atoms with Gasteiger partial charge in [-0.3, -0.25) is 4.79 Å². The molecule has 6 rings (SSSR count). The summed E-state index contributed by atoms with van der Waals surface area (Å²) in [6, 6.07) is 16.1. The summed E-state index contributed by atoms with van der Waals surface area (Å²) in [7, 11) is 0. The summed E-state index contributed by atoms with van der Waals surface area (Å²) in [5.41, 5.74) is 3.85. The Labute approximate surface area is 208 Å². The first-order valence-electron chi connectivity index (χ1n) is 12.5. The predicted octanol–water partition coefficient (Wildman–Crippen LogP) is 4.93. The van der Waals surface area contributed by atoms with Crippen LogP contribution < -0.4 is 15.2 Å². The van der Waals surface area contributed by atoms with E-state index in [-0.39, 0.29) is 5.56 Å². The van der Waals surface area contributed by atoms with Crippen LogP contribution in [-0.4, -0.2) is 46.3 Å². The van der Waals surface area contributed by atoms with Gasteiger partial charge in [0, 0.05) is 55.4 Å². The Morgan fingerprint density at radius 1 is 1.00 bits per heavy atom. The molecule has 2 aliphatic rings. The van der Waals surface area contributed by atoms with Gasteiger partial charge in [-0.25, -0.2) is 4.79 Å². The third kappa shape index (κ3) is 3.92. The third-order valence-electron chi connectivity index (χ3n) is 7.35. The molecule has 8 heteroatoms. The number of hydrogen-bond acceptors (Lipinski definition) is 6. The highest BCUT2D eigenvalue weighted by Crippen LogP contribution is 2.31. The van der Waals surface area contributed by atoms with Crippen molar-refractivity contribution >= 4 is 28.8 Å². The second-order valence-corrected chi connectivity index (χ2v) is 9.69. The van der Waals surface area contributed by atoms with Crippen molar-refractivity contribution in [1.82, 2.24) is 9.55 Å². The fraction of sp³-hybridized carbons (Fsp3) is 0.321. The molecule has 0 aliphatic carbocycles. The Balaban J connectivity index is 1.44. The minimum absolute atomic E-state index is 0.281. The van der Waals surface area contributed by atoms with Gasteiger partial charge in [0.25, 0.3) is 6.01 Å². The molecule has 1 N–H and O–H groups in total. The van der Waals surface area contributed by atoms with Crippen molar-refractivity contribution in [2.75, 3.05) is 29.4 Å². The zero-order valence-electron chi connectivity index (χ0n) is 20.2. The number of pyridine rings is 1. The number of aromatic carboxylic acids is 1. The summed E-state index contributed by atoms with van der Waals surface area (Å²) < 4.78 is 7.87. The molecule has 36 heavy (non-hydrogen) atoms. The molecule has 1 atom stereocenters. The van der Waals surface area contributed by atoms with Gasteiger partial charge in [0.2, 0.25) is 0 Å². The van der Waals surface area contributed by atoms with Crippen LogP contribution in [0, 0.1) is 0 Å². The molecular formula is C28H28N4O4. The SMILES string of the molecule is C[C@@H]1CCCN1c1nc2ccc(-n3cc(C(=O)O)c(=O)cc3-c3ccc(N4CCCC4)cc3)cc2o1. The maximum atomic E-state index is 12.7. The van der Waals surface area contributed by atoms with E-state index < -0.39 is 11.4 Å². The van der Waals surface area contributed by atoms with Crippen molar-refractivity contribution < 1.29 is 14.3 Å². The van der Waals surface area contributed by atoms with E-state index in [9.17, 15) is 14.7 Å².